The number of carbonyl (C=O) groups excluding carboxylic acids is 1. The van der Waals surface area contributed by atoms with Crippen LogP contribution < -0.4 is 10.6 Å². The van der Waals surface area contributed by atoms with E-state index in [9.17, 15) is 9.18 Å². The lowest BCUT2D eigenvalue weighted by atomic mass is 9.87. The van der Waals surface area contributed by atoms with E-state index in [2.05, 4.69) is 17.6 Å². The van der Waals surface area contributed by atoms with Crippen LogP contribution in [0.25, 0.3) is 0 Å². The Hall–Kier alpha value is -1.42. The van der Waals surface area contributed by atoms with Crippen LogP contribution in [0, 0.1) is 11.7 Å². The van der Waals surface area contributed by atoms with Gasteiger partial charge in [-0.25, -0.2) is 4.39 Å². The molecule has 2 rings (SSSR count). The summed E-state index contributed by atoms with van der Waals surface area (Å²) < 4.78 is 12.7. The molecule has 1 saturated carbocycles. The first-order chi connectivity index (χ1) is 9.13. The summed E-state index contributed by atoms with van der Waals surface area (Å²) in [5.41, 5.74) is 0.630. The maximum atomic E-state index is 12.7. The molecule has 2 atom stereocenters. The summed E-state index contributed by atoms with van der Waals surface area (Å²) >= 11 is 0. The van der Waals surface area contributed by atoms with E-state index in [0.29, 0.717) is 18.3 Å². The average Bonchev–Trinajstić information content (AvgIpc) is 2.39. The third-order valence-electron chi connectivity index (χ3n) is 3.62. The van der Waals surface area contributed by atoms with Gasteiger partial charge in [-0.1, -0.05) is 19.8 Å². The maximum absolute atomic E-state index is 12.7. The van der Waals surface area contributed by atoms with Crippen molar-refractivity contribution in [2.24, 2.45) is 5.92 Å². The summed E-state index contributed by atoms with van der Waals surface area (Å²) in [6.07, 6.45) is 4.82. The number of amides is 1. The van der Waals surface area contributed by atoms with E-state index in [4.69, 9.17) is 0 Å². The van der Waals surface area contributed by atoms with E-state index >= 15 is 0 Å². The van der Waals surface area contributed by atoms with Crippen molar-refractivity contribution >= 4 is 11.6 Å². The van der Waals surface area contributed by atoms with Crippen molar-refractivity contribution in [3.05, 3.63) is 30.1 Å². The minimum atomic E-state index is -0.299. The molecule has 1 aromatic rings. The monoisotopic (exact) mass is 264 g/mol. The summed E-state index contributed by atoms with van der Waals surface area (Å²) in [6, 6.07) is 6.26. The van der Waals surface area contributed by atoms with Crippen molar-refractivity contribution in [1.29, 1.82) is 0 Å². The third-order valence-corrected chi connectivity index (χ3v) is 3.62. The van der Waals surface area contributed by atoms with Crippen LogP contribution in [0.5, 0.6) is 0 Å². The summed E-state index contributed by atoms with van der Waals surface area (Å²) in [5.74, 6) is 0.364. The lowest BCUT2D eigenvalue weighted by molar-refractivity contribution is -0.115. The fraction of sp³-hybridized carbons (Fsp3) is 0.533. The Labute approximate surface area is 113 Å². The lowest BCUT2D eigenvalue weighted by Crippen LogP contribution is -2.38. The first kappa shape index (κ1) is 14.0. The summed E-state index contributed by atoms with van der Waals surface area (Å²) in [6.45, 7) is 2.57. The molecule has 1 aromatic carbocycles. The van der Waals surface area contributed by atoms with Gasteiger partial charge in [0.1, 0.15) is 5.82 Å². The van der Waals surface area contributed by atoms with Gasteiger partial charge in [0, 0.05) is 11.7 Å². The van der Waals surface area contributed by atoms with Crippen LogP contribution >= 0.6 is 0 Å². The molecule has 3 nitrogen and oxygen atoms in total. The van der Waals surface area contributed by atoms with Crippen LogP contribution in [0.4, 0.5) is 10.1 Å². The van der Waals surface area contributed by atoms with E-state index < -0.39 is 0 Å². The highest BCUT2D eigenvalue weighted by Gasteiger charge is 2.18. The van der Waals surface area contributed by atoms with E-state index in [1.54, 1.807) is 12.1 Å². The predicted molar refractivity (Wildman–Crippen MR) is 74.5 cm³/mol. The molecule has 1 fully saturated rings. The Bertz CT molecular complexity index is 419. The minimum Gasteiger partial charge on any atom is -0.325 e. The standard InChI is InChI=1S/C15H21FN2O/c1-11-3-2-4-14(9-11)17-10-15(19)18-13-7-5-12(16)6-8-13/h5-8,11,14,17H,2-4,9-10H2,1H3,(H,18,19)/t11-,14-/m0/s1. The molecule has 0 saturated heterocycles. The van der Waals surface area contributed by atoms with Crippen molar-refractivity contribution in [3.63, 3.8) is 0 Å². The molecule has 0 radical (unpaired) electrons. The fourth-order valence-electron chi connectivity index (χ4n) is 2.59. The summed E-state index contributed by atoms with van der Waals surface area (Å²) in [7, 11) is 0. The van der Waals surface area contributed by atoms with Crippen LogP contribution in [0.1, 0.15) is 32.6 Å². The van der Waals surface area contributed by atoms with Gasteiger partial charge < -0.3 is 10.6 Å². The van der Waals surface area contributed by atoms with E-state index in [1.165, 1.54) is 25.0 Å². The fourth-order valence-corrected chi connectivity index (χ4v) is 2.59. The number of nitrogens with one attached hydrogen (secondary N) is 2. The lowest BCUT2D eigenvalue weighted by Gasteiger charge is -2.27. The molecule has 1 amide bonds. The number of halogens is 1. The molecule has 0 unspecified atom stereocenters. The highest BCUT2D eigenvalue weighted by molar-refractivity contribution is 5.92. The van der Waals surface area contributed by atoms with Gasteiger partial charge >= 0.3 is 0 Å². The molecule has 0 spiro atoms. The Morgan fingerprint density at radius 1 is 1.32 bits per heavy atom. The van der Waals surface area contributed by atoms with Crippen LogP contribution in [0.2, 0.25) is 0 Å². The molecule has 0 bridgehead atoms. The van der Waals surface area contributed by atoms with Gasteiger partial charge in [-0.15, -0.1) is 0 Å². The molecular weight excluding hydrogens is 243 g/mol. The van der Waals surface area contributed by atoms with E-state index in [1.807, 2.05) is 0 Å². The van der Waals surface area contributed by atoms with Crippen LogP contribution in [0.3, 0.4) is 0 Å². The molecule has 0 aliphatic heterocycles. The smallest absolute Gasteiger partial charge is 0.238 e. The Morgan fingerprint density at radius 2 is 2.05 bits per heavy atom. The molecule has 2 N–H and O–H groups in total. The largest absolute Gasteiger partial charge is 0.325 e. The zero-order chi connectivity index (χ0) is 13.7. The number of carbonyl (C=O) groups is 1. The topological polar surface area (TPSA) is 41.1 Å². The average molecular weight is 264 g/mol. The number of hydrogen-bond acceptors (Lipinski definition) is 2. The van der Waals surface area contributed by atoms with Crippen LogP contribution in [-0.2, 0) is 4.79 Å². The quantitative estimate of drug-likeness (QED) is 0.878. The Balaban J connectivity index is 1.73. The third kappa shape index (κ3) is 4.63. The molecule has 19 heavy (non-hydrogen) atoms. The first-order valence-corrected chi connectivity index (χ1v) is 6.92. The first-order valence-electron chi connectivity index (χ1n) is 6.92. The second-order valence-corrected chi connectivity index (χ2v) is 5.40. The van der Waals surface area contributed by atoms with Crippen LogP contribution in [-0.4, -0.2) is 18.5 Å². The van der Waals surface area contributed by atoms with Gasteiger partial charge in [-0.2, -0.15) is 0 Å². The second kappa shape index (κ2) is 6.66. The van der Waals surface area contributed by atoms with Crippen molar-refractivity contribution in [2.75, 3.05) is 11.9 Å². The molecule has 0 aromatic heterocycles. The SMILES string of the molecule is C[C@H]1CCC[C@H](NCC(=O)Nc2ccc(F)cc2)C1. The molecule has 104 valence electrons. The maximum Gasteiger partial charge on any atom is 0.238 e. The number of anilines is 1. The van der Waals surface area contributed by atoms with Gasteiger partial charge in [0.2, 0.25) is 5.91 Å². The normalized spacial score (nSPS) is 23.1. The van der Waals surface area contributed by atoms with Gasteiger partial charge in [-0.05, 0) is 43.0 Å². The van der Waals surface area contributed by atoms with Crippen LogP contribution in [0.15, 0.2) is 24.3 Å². The highest BCUT2D eigenvalue weighted by atomic mass is 19.1. The van der Waals surface area contributed by atoms with E-state index in [0.717, 1.165) is 18.8 Å². The van der Waals surface area contributed by atoms with Gasteiger partial charge in [-0.3, -0.25) is 4.79 Å². The molecular formula is C15H21FN2O. The highest BCUT2D eigenvalue weighted by Crippen LogP contribution is 2.23. The number of hydrogen-bond donors (Lipinski definition) is 2. The Kier molecular flexibility index (Phi) is 4.91. The zero-order valence-electron chi connectivity index (χ0n) is 11.3. The van der Waals surface area contributed by atoms with Crippen molar-refractivity contribution in [2.45, 2.75) is 38.6 Å². The Morgan fingerprint density at radius 3 is 2.74 bits per heavy atom. The van der Waals surface area contributed by atoms with Gasteiger partial charge in [0.05, 0.1) is 6.54 Å². The zero-order valence-corrected chi connectivity index (χ0v) is 11.3. The number of benzene rings is 1. The van der Waals surface area contributed by atoms with Crippen molar-refractivity contribution in [1.82, 2.24) is 5.32 Å². The van der Waals surface area contributed by atoms with Gasteiger partial charge in [0.15, 0.2) is 0 Å². The summed E-state index contributed by atoms with van der Waals surface area (Å²) in [4.78, 5) is 11.8. The minimum absolute atomic E-state index is 0.0789. The molecule has 1 aliphatic carbocycles. The van der Waals surface area contributed by atoms with Crippen molar-refractivity contribution in [3.8, 4) is 0 Å². The molecule has 1 aliphatic rings. The van der Waals surface area contributed by atoms with E-state index in [-0.39, 0.29) is 11.7 Å². The summed E-state index contributed by atoms with van der Waals surface area (Å²) in [5, 5.41) is 6.05. The second-order valence-electron chi connectivity index (χ2n) is 5.40. The predicted octanol–water partition coefficient (Wildman–Crippen LogP) is 2.93. The molecule has 4 heteroatoms. The van der Waals surface area contributed by atoms with Gasteiger partial charge in [0.25, 0.3) is 0 Å². The molecule has 0 heterocycles. The van der Waals surface area contributed by atoms with Crippen molar-refractivity contribution < 1.29 is 9.18 Å². The number of rotatable bonds is 4.